The molecule has 0 fully saturated rings. The molecule has 0 radical (unpaired) electrons. The van der Waals surface area contributed by atoms with Crippen molar-refractivity contribution in [2.45, 2.75) is 19.0 Å². The van der Waals surface area contributed by atoms with E-state index in [1.165, 1.54) is 16.0 Å². The second kappa shape index (κ2) is 5.99. The standard InChI is InChI=1S/C12H13ClN2S/c13-5-10-2-1-3-11(4-10)6-14-7-12-8-15-9-16-12/h1-4,8-9,14H,5-7H2. The normalized spacial score (nSPS) is 10.6. The van der Waals surface area contributed by atoms with E-state index in [1.807, 2.05) is 23.8 Å². The van der Waals surface area contributed by atoms with E-state index in [0.717, 1.165) is 13.1 Å². The Morgan fingerprint density at radius 2 is 2.12 bits per heavy atom. The summed E-state index contributed by atoms with van der Waals surface area (Å²) in [7, 11) is 0. The van der Waals surface area contributed by atoms with E-state index in [0.29, 0.717) is 5.88 Å². The second-order valence-corrected chi connectivity index (χ2v) is 4.76. The Bertz CT molecular complexity index is 428. The van der Waals surface area contributed by atoms with E-state index < -0.39 is 0 Å². The highest BCUT2D eigenvalue weighted by Gasteiger charge is 1.97. The van der Waals surface area contributed by atoms with E-state index in [-0.39, 0.29) is 0 Å². The predicted molar refractivity (Wildman–Crippen MR) is 68.7 cm³/mol. The van der Waals surface area contributed by atoms with Gasteiger partial charge in [-0.05, 0) is 11.1 Å². The number of halogens is 1. The molecule has 1 heterocycles. The number of hydrogen-bond donors (Lipinski definition) is 1. The Hall–Kier alpha value is -0.900. The molecule has 2 aromatic rings. The molecular formula is C12H13ClN2S. The summed E-state index contributed by atoms with van der Waals surface area (Å²) in [5.74, 6) is 0.572. The van der Waals surface area contributed by atoms with Crippen LogP contribution in [0.2, 0.25) is 0 Å². The highest BCUT2D eigenvalue weighted by Crippen LogP contribution is 2.09. The van der Waals surface area contributed by atoms with E-state index in [4.69, 9.17) is 11.6 Å². The SMILES string of the molecule is ClCc1cccc(CNCc2cncs2)c1. The van der Waals surface area contributed by atoms with Crippen LogP contribution >= 0.6 is 22.9 Å². The highest BCUT2D eigenvalue weighted by atomic mass is 35.5. The van der Waals surface area contributed by atoms with Crippen molar-refractivity contribution in [2.24, 2.45) is 0 Å². The Kier molecular flexibility index (Phi) is 4.34. The molecule has 0 aliphatic rings. The molecule has 1 N–H and O–H groups in total. The minimum Gasteiger partial charge on any atom is -0.308 e. The van der Waals surface area contributed by atoms with Crippen molar-refractivity contribution >= 4 is 22.9 Å². The summed E-state index contributed by atoms with van der Waals surface area (Å²) in [4.78, 5) is 5.29. The van der Waals surface area contributed by atoms with Gasteiger partial charge in [0.25, 0.3) is 0 Å². The van der Waals surface area contributed by atoms with Crippen LogP contribution in [0.5, 0.6) is 0 Å². The first-order valence-electron chi connectivity index (χ1n) is 5.10. The van der Waals surface area contributed by atoms with Crippen molar-refractivity contribution in [3.63, 3.8) is 0 Å². The highest BCUT2D eigenvalue weighted by molar-refractivity contribution is 7.09. The lowest BCUT2D eigenvalue weighted by Crippen LogP contribution is -2.11. The molecule has 2 nitrogen and oxygen atoms in total. The van der Waals surface area contributed by atoms with Gasteiger partial charge in [-0.15, -0.1) is 22.9 Å². The molecule has 0 atom stereocenters. The van der Waals surface area contributed by atoms with Crippen molar-refractivity contribution in [1.82, 2.24) is 10.3 Å². The van der Waals surface area contributed by atoms with Crippen molar-refractivity contribution in [3.8, 4) is 0 Å². The van der Waals surface area contributed by atoms with Gasteiger partial charge >= 0.3 is 0 Å². The first kappa shape index (κ1) is 11.6. The lowest BCUT2D eigenvalue weighted by Gasteiger charge is -2.04. The second-order valence-electron chi connectivity index (χ2n) is 3.52. The predicted octanol–water partition coefficient (Wildman–Crippen LogP) is 3.17. The molecule has 0 aliphatic heterocycles. The van der Waals surface area contributed by atoms with E-state index >= 15 is 0 Å². The quantitative estimate of drug-likeness (QED) is 0.827. The van der Waals surface area contributed by atoms with E-state index in [1.54, 1.807) is 11.3 Å². The molecule has 1 aromatic heterocycles. The zero-order valence-electron chi connectivity index (χ0n) is 8.82. The number of alkyl halides is 1. The van der Waals surface area contributed by atoms with Gasteiger partial charge in [0.2, 0.25) is 0 Å². The largest absolute Gasteiger partial charge is 0.308 e. The Balaban J connectivity index is 1.85. The molecular weight excluding hydrogens is 240 g/mol. The van der Waals surface area contributed by atoms with Crippen LogP contribution in [-0.4, -0.2) is 4.98 Å². The lowest BCUT2D eigenvalue weighted by molar-refractivity contribution is 0.699. The van der Waals surface area contributed by atoms with Gasteiger partial charge in [0.1, 0.15) is 0 Å². The fraction of sp³-hybridized carbons (Fsp3) is 0.250. The number of nitrogens with one attached hydrogen (secondary N) is 1. The van der Waals surface area contributed by atoms with Gasteiger partial charge in [0, 0.05) is 30.0 Å². The Morgan fingerprint density at radius 3 is 2.88 bits per heavy atom. The molecule has 0 spiro atoms. The smallest absolute Gasteiger partial charge is 0.0794 e. The van der Waals surface area contributed by atoms with Gasteiger partial charge in [-0.1, -0.05) is 24.3 Å². The van der Waals surface area contributed by atoms with Gasteiger partial charge in [-0.3, -0.25) is 4.98 Å². The third-order valence-electron chi connectivity index (χ3n) is 2.26. The molecule has 4 heteroatoms. The van der Waals surface area contributed by atoms with Crippen LogP contribution in [0.1, 0.15) is 16.0 Å². The van der Waals surface area contributed by atoms with Gasteiger partial charge < -0.3 is 5.32 Å². The summed E-state index contributed by atoms with van der Waals surface area (Å²) < 4.78 is 0. The summed E-state index contributed by atoms with van der Waals surface area (Å²) in [5.41, 5.74) is 4.28. The van der Waals surface area contributed by atoms with Gasteiger partial charge in [-0.2, -0.15) is 0 Å². The summed E-state index contributed by atoms with van der Waals surface area (Å²) >= 11 is 7.46. The number of benzene rings is 1. The molecule has 0 aliphatic carbocycles. The van der Waals surface area contributed by atoms with Crippen LogP contribution in [0.15, 0.2) is 36.0 Å². The molecule has 1 aromatic carbocycles. The summed E-state index contributed by atoms with van der Waals surface area (Å²) in [6.07, 6.45) is 1.90. The topological polar surface area (TPSA) is 24.9 Å². The van der Waals surface area contributed by atoms with Crippen molar-refractivity contribution in [2.75, 3.05) is 0 Å². The van der Waals surface area contributed by atoms with Crippen molar-refractivity contribution in [3.05, 3.63) is 52.0 Å². The van der Waals surface area contributed by atoms with Crippen molar-refractivity contribution < 1.29 is 0 Å². The summed E-state index contributed by atoms with van der Waals surface area (Å²) in [6, 6.07) is 8.32. The maximum absolute atomic E-state index is 5.79. The Morgan fingerprint density at radius 1 is 1.25 bits per heavy atom. The third kappa shape index (κ3) is 3.30. The molecule has 0 unspecified atom stereocenters. The van der Waals surface area contributed by atoms with Crippen LogP contribution in [0.4, 0.5) is 0 Å². The fourth-order valence-corrected chi connectivity index (χ4v) is 2.21. The number of hydrogen-bond acceptors (Lipinski definition) is 3. The molecule has 0 saturated heterocycles. The monoisotopic (exact) mass is 252 g/mol. The molecule has 0 bridgehead atoms. The van der Waals surface area contributed by atoms with Crippen LogP contribution < -0.4 is 5.32 Å². The molecule has 0 saturated carbocycles. The van der Waals surface area contributed by atoms with E-state index in [9.17, 15) is 0 Å². The lowest BCUT2D eigenvalue weighted by atomic mass is 10.1. The first-order chi connectivity index (χ1) is 7.88. The van der Waals surface area contributed by atoms with Gasteiger partial charge in [-0.25, -0.2) is 0 Å². The maximum atomic E-state index is 5.79. The molecule has 2 rings (SSSR count). The molecule has 16 heavy (non-hydrogen) atoms. The fourth-order valence-electron chi connectivity index (χ4n) is 1.48. The Labute approximate surface area is 104 Å². The maximum Gasteiger partial charge on any atom is 0.0794 e. The average molecular weight is 253 g/mol. The van der Waals surface area contributed by atoms with Crippen LogP contribution in [-0.2, 0) is 19.0 Å². The first-order valence-corrected chi connectivity index (χ1v) is 6.52. The number of rotatable bonds is 5. The zero-order valence-corrected chi connectivity index (χ0v) is 10.4. The number of nitrogens with zero attached hydrogens (tertiary/aromatic N) is 1. The minimum absolute atomic E-state index is 0.572. The molecule has 0 amide bonds. The average Bonchev–Trinajstić information content (AvgIpc) is 2.82. The number of aromatic nitrogens is 1. The summed E-state index contributed by atoms with van der Waals surface area (Å²) in [5, 5.41) is 3.38. The minimum atomic E-state index is 0.572. The third-order valence-corrected chi connectivity index (χ3v) is 3.35. The van der Waals surface area contributed by atoms with E-state index in [2.05, 4.69) is 22.4 Å². The zero-order chi connectivity index (χ0) is 11.2. The van der Waals surface area contributed by atoms with Crippen LogP contribution in [0.25, 0.3) is 0 Å². The summed E-state index contributed by atoms with van der Waals surface area (Å²) in [6.45, 7) is 1.73. The molecule has 84 valence electrons. The van der Waals surface area contributed by atoms with Gasteiger partial charge in [0.05, 0.1) is 5.51 Å². The number of thiazole rings is 1. The van der Waals surface area contributed by atoms with Crippen LogP contribution in [0, 0.1) is 0 Å². The van der Waals surface area contributed by atoms with Crippen molar-refractivity contribution in [1.29, 1.82) is 0 Å². The van der Waals surface area contributed by atoms with Crippen LogP contribution in [0.3, 0.4) is 0 Å². The van der Waals surface area contributed by atoms with Gasteiger partial charge in [0.15, 0.2) is 0 Å².